The highest BCUT2D eigenvalue weighted by atomic mass is 16.7. The molecule has 6 heteroatoms. The highest BCUT2D eigenvalue weighted by molar-refractivity contribution is 6.02. The summed E-state index contributed by atoms with van der Waals surface area (Å²) in [4.78, 5) is 24.1. The molecule has 6 atom stereocenters. The highest BCUT2D eigenvalue weighted by Crippen LogP contribution is 2.63. The number of fused-ring (bicyclic) bond motifs is 2. The van der Waals surface area contributed by atoms with E-state index < -0.39 is 41.2 Å². The van der Waals surface area contributed by atoms with Crippen LogP contribution < -0.4 is 0 Å². The number of carbonyl (C=O) groups excluding carboxylic acids is 2. The van der Waals surface area contributed by atoms with Gasteiger partial charge in [0.25, 0.3) is 0 Å². The van der Waals surface area contributed by atoms with Gasteiger partial charge in [0.2, 0.25) is 11.4 Å². The molecule has 4 aliphatic rings. The van der Waals surface area contributed by atoms with Gasteiger partial charge < -0.3 is 18.9 Å². The van der Waals surface area contributed by atoms with Gasteiger partial charge in [-0.2, -0.15) is 0 Å². The van der Waals surface area contributed by atoms with Crippen molar-refractivity contribution in [2.75, 3.05) is 0 Å². The smallest absolute Gasteiger partial charge is 0.303 e. The molecule has 0 aromatic heterocycles. The van der Waals surface area contributed by atoms with Gasteiger partial charge in [-0.25, -0.2) is 0 Å². The lowest BCUT2D eigenvalue weighted by Gasteiger charge is -2.45. The van der Waals surface area contributed by atoms with E-state index >= 15 is 0 Å². The summed E-state index contributed by atoms with van der Waals surface area (Å²) in [5.74, 6) is 5.21. The Bertz CT molecular complexity index is 728. The van der Waals surface area contributed by atoms with Gasteiger partial charge >= 0.3 is 5.97 Å². The van der Waals surface area contributed by atoms with Crippen molar-refractivity contribution >= 4 is 11.8 Å². The normalized spacial score (nSPS) is 46.4. The molecule has 0 amide bonds. The average Bonchev–Trinajstić information content (AvgIpc) is 3.34. The Hall–Kier alpha value is -1.68. The van der Waals surface area contributed by atoms with Crippen LogP contribution in [0.5, 0.6) is 0 Å². The molecule has 0 N–H and O–H groups in total. The van der Waals surface area contributed by atoms with E-state index in [-0.39, 0.29) is 11.8 Å². The van der Waals surface area contributed by atoms with Crippen LogP contribution in [0.25, 0.3) is 0 Å². The Morgan fingerprint density at radius 3 is 2.58 bits per heavy atom. The van der Waals surface area contributed by atoms with E-state index in [1.54, 1.807) is 6.92 Å². The fourth-order valence-corrected chi connectivity index (χ4v) is 3.88. The Balaban J connectivity index is 1.65. The highest BCUT2D eigenvalue weighted by Gasteiger charge is 2.86. The van der Waals surface area contributed by atoms with Crippen LogP contribution in [0.2, 0.25) is 0 Å². The molecule has 1 aliphatic carbocycles. The molecule has 4 fully saturated rings. The van der Waals surface area contributed by atoms with Gasteiger partial charge in [-0.05, 0) is 26.3 Å². The predicted molar refractivity (Wildman–Crippen MR) is 81.9 cm³/mol. The minimum atomic E-state index is -1.14. The summed E-state index contributed by atoms with van der Waals surface area (Å²) in [6.07, 6.45) is -1.52. The largest absolute Gasteiger partial charge is 0.459 e. The zero-order chi connectivity index (χ0) is 17.5. The Morgan fingerprint density at radius 2 is 1.96 bits per heavy atom. The number of hydrogen-bond donors (Lipinski definition) is 0. The van der Waals surface area contributed by atoms with Crippen molar-refractivity contribution in [1.82, 2.24) is 0 Å². The lowest BCUT2D eigenvalue weighted by molar-refractivity contribution is -0.218. The number of ether oxygens (including phenoxy) is 4. The van der Waals surface area contributed by atoms with Gasteiger partial charge in [0.15, 0.2) is 6.10 Å². The number of carbonyl (C=O) groups is 2. The third kappa shape index (κ3) is 1.95. The number of allylic oxidation sites excluding steroid dienone is 1. The van der Waals surface area contributed by atoms with Crippen LogP contribution in [0.1, 0.15) is 34.1 Å². The van der Waals surface area contributed by atoms with Crippen molar-refractivity contribution < 1.29 is 28.5 Å². The second-order valence-electron chi connectivity index (χ2n) is 7.57. The van der Waals surface area contributed by atoms with Gasteiger partial charge in [-0.3, -0.25) is 9.59 Å². The molecule has 0 radical (unpaired) electrons. The van der Waals surface area contributed by atoms with Crippen LogP contribution in [0, 0.1) is 11.8 Å². The van der Waals surface area contributed by atoms with Gasteiger partial charge in [-0.15, -0.1) is 0 Å². The van der Waals surface area contributed by atoms with Crippen LogP contribution in [0.4, 0.5) is 0 Å². The number of ketones is 1. The third-order valence-corrected chi connectivity index (χ3v) is 5.22. The van der Waals surface area contributed by atoms with Crippen LogP contribution in [-0.2, 0) is 28.5 Å². The maximum Gasteiger partial charge on any atom is 0.303 e. The van der Waals surface area contributed by atoms with E-state index in [0.29, 0.717) is 12.0 Å². The summed E-state index contributed by atoms with van der Waals surface area (Å²) < 4.78 is 23.1. The number of epoxide rings is 2. The SMILES string of the molecule is C=C(C)C#CC12OC1C1OC(C)(C)C(OC(C)=O)CC13OC3C2=O. The summed E-state index contributed by atoms with van der Waals surface area (Å²) in [7, 11) is 0. The summed E-state index contributed by atoms with van der Waals surface area (Å²) in [6.45, 7) is 10.6. The minimum Gasteiger partial charge on any atom is -0.459 e. The molecule has 1 saturated carbocycles. The molecule has 3 aliphatic heterocycles. The predicted octanol–water partition coefficient (Wildman–Crippen LogP) is 0.923. The first kappa shape index (κ1) is 15.8. The first-order chi connectivity index (χ1) is 11.1. The summed E-state index contributed by atoms with van der Waals surface area (Å²) >= 11 is 0. The first-order valence-electron chi connectivity index (χ1n) is 8.06. The molecular formula is C18H20O6. The Labute approximate surface area is 140 Å². The lowest BCUT2D eigenvalue weighted by atomic mass is 9.72. The van der Waals surface area contributed by atoms with Gasteiger partial charge in [0, 0.05) is 13.3 Å². The van der Waals surface area contributed by atoms with Crippen molar-refractivity contribution in [2.45, 2.75) is 75.3 Å². The molecule has 6 nitrogen and oxygen atoms in total. The molecule has 0 aromatic rings. The summed E-state index contributed by atoms with van der Waals surface area (Å²) in [5.41, 5.74) is -1.93. The summed E-state index contributed by atoms with van der Waals surface area (Å²) in [6, 6.07) is 0. The lowest BCUT2D eigenvalue weighted by Crippen LogP contribution is -2.62. The maximum absolute atomic E-state index is 12.7. The fourth-order valence-electron chi connectivity index (χ4n) is 3.88. The van der Waals surface area contributed by atoms with Crippen molar-refractivity contribution in [1.29, 1.82) is 0 Å². The molecule has 24 heavy (non-hydrogen) atoms. The van der Waals surface area contributed by atoms with Gasteiger partial charge in [0.05, 0.1) is 0 Å². The quantitative estimate of drug-likeness (QED) is 0.404. The van der Waals surface area contributed by atoms with Gasteiger partial charge in [-0.1, -0.05) is 18.4 Å². The topological polar surface area (TPSA) is 77.7 Å². The zero-order valence-electron chi connectivity index (χ0n) is 14.2. The molecule has 3 saturated heterocycles. The maximum atomic E-state index is 12.7. The van der Waals surface area contributed by atoms with E-state index in [2.05, 4.69) is 18.4 Å². The van der Waals surface area contributed by atoms with Crippen molar-refractivity contribution in [3.8, 4) is 11.8 Å². The Kier molecular flexibility index (Phi) is 2.96. The van der Waals surface area contributed by atoms with Crippen molar-refractivity contribution in [3.05, 3.63) is 12.2 Å². The van der Waals surface area contributed by atoms with Crippen LogP contribution in [0.3, 0.4) is 0 Å². The molecule has 0 bridgehead atoms. The van der Waals surface area contributed by atoms with Crippen LogP contribution >= 0.6 is 0 Å². The monoisotopic (exact) mass is 332 g/mol. The molecule has 1 spiro atoms. The molecular weight excluding hydrogens is 312 g/mol. The number of Topliss-reactive ketones (excluding diaryl/α,β-unsaturated/α-hetero) is 1. The molecule has 4 rings (SSSR count). The fraction of sp³-hybridized carbons (Fsp3) is 0.667. The second-order valence-corrected chi connectivity index (χ2v) is 7.57. The van der Waals surface area contributed by atoms with E-state index in [4.69, 9.17) is 18.9 Å². The second kappa shape index (κ2) is 4.48. The molecule has 3 heterocycles. The molecule has 128 valence electrons. The number of esters is 1. The van der Waals surface area contributed by atoms with Gasteiger partial charge in [0.1, 0.15) is 29.5 Å². The van der Waals surface area contributed by atoms with E-state index in [1.165, 1.54) is 6.92 Å². The Morgan fingerprint density at radius 1 is 1.25 bits per heavy atom. The van der Waals surface area contributed by atoms with E-state index in [9.17, 15) is 9.59 Å². The zero-order valence-corrected chi connectivity index (χ0v) is 14.2. The molecule has 0 aromatic carbocycles. The standard InChI is InChI=1S/C18H20O6/c1-9(2)6-7-17-12(20)13-18(23-13)8-11(21-10(3)19)16(4,5)22-15(18)14(17)24-17/h11,13-15H,1,8H2,2-5H3. The van der Waals surface area contributed by atoms with E-state index in [0.717, 1.165) is 0 Å². The minimum absolute atomic E-state index is 0.164. The third-order valence-electron chi connectivity index (χ3n) is 5.22. The van der Waals surface area contributed by atoms with Crippen LogP contribution in [-0.4, -0.2) is 53.0 Å². The van der Waals surface area contributed by atoms with Crippen molar-refractivity contribution in [2.24, 2.45) is 0 Å². The van der Waals surface area contributed by atoms with Crippen LogP contribution in [0.15, 0.2) is 12.2 Å². The molecule has 6 unspecified atom stereocenters. The number of rotatable bonds is 1. The first-order valence-corrected chi connectivity index (χ1v) is 8.06. The average molecular weight is 332 g/mol. The van der Waals surface area contributed by atoms with Crippen molar-refractivity contribution in [3.63, 3.8) is 0 Å². The van der Waals surface area contributed by atoms with E-state index in [1.807, 2.05) is 13.8 Å². The number of hydrogen-bond acceptors (Lipinski definition) is 6. The summed E-state index contributed by atoms with van der Waals surface area (Å²) in [5, 5.41) is 0.